The molecule has 0 saturated heterocycles. The first-order chi connectivity index (χ1) is 10.8. The first-order valence-corrected chi connectivity index (χ1v) is 10.5. The predicted molar refractivity (Wildman–Crippen MR) is 95.5 cm³/mol. The number of hydrogen-bond donors (Lipinski definition) is 0. The molecular formula is C17H24N2O2S2. The molecular weight excluding hydrogens is 328 g/mol. The van der Waals surface area contributed by atoms with Crippen molar-refractivity contribution in [2.75, 3.05) is 13.3 Å². The van der Waals surface area contributed by atoms with Crippen LogP contribution >= 0.6 is 11.3 Å². The lowest BCUT2D eigenvalue weighted by Gasteiger charge is -2.24. The largest absolute Gasteiger partial charge is 0.294 e. The summed E-state index contributed by atoms with van der Waals surface area (Å²) in [6, 6.07) is 7.33. The number of hydrogen-bond acceptors (Lipinski definition) is 5. The van der Waals surface area contributed by atoms with Gasteiger partial charge in [-0.25, -0.2) is 13.4 Å². The maximum absolute atomic E-state index is 11.5. The van der Waals surface area contributed by atoms with Crippen LogP contribution in [0.3, 0.4) is 0 Å². The van der Waals surface area contributed by atoms with Crippen molar-refractivity contribution in [2.24, 2.45) is 0 Å². The molecule has 1 heterocycles. The number of aryl methyl sites for hydroxylation is 1. The van der Waals surface area contributed by atoms with Crippen molar-refractivity contribution in [2.45, 2.75) is 44.2 Å². The summed E-state index contributed by atoms with van der Waals surface area (Å²) < 4.78 is 23.1. The number of thiazole rings is 1. The van der Waals surface area contributed by atoms with Gasteiger partial charge in [0.2, 0.25) is 0 Å². The molecule has 0 spiro atoms. The molecule has 6 heteroatoms. The van der Waals surface area contributed by atoms with Crippen LogP contribution in [0.2, 0.25) is 0 Å². The molecule has 0 aliphatic heterocycles. The Bertz CT molecular complexity index is 736. The van der Waals surface area contributed by atoms with Crippen LogP contribution in [0.15, 0.2) is 34.5 Å². The van der Waals surface area contributed by atoms with Crippen molar-refractivity contribution in [3.05, 3.63) is 45.9 Å². The molecule has 0 radical (unpaired) electrons. The Labute approximate surface area is 143 Å². The molecule has 1 atom stereocenters. The third kappa shape index (κ3) is 4.86. The Hall–Kier alpha value is -1.24. The van der Waals surface area contributed by atoms with E-state index < -0.39 is 9.84 Å². The van der Waals surface area contributed by atoms with Gasteiger partial charge in [0.15, 0.2) is 9.84 Å². The number of aromatic nitrogens is 1. The molecule has 0 bridgehead atoms. The molecule has 0 N–H and O–H groups in total. The Morgan fingerprint density at radius 2 is 1.91 bits per heavy atom. The quantitative estimate of drug-likeness (QED) is 0.762. The van der Waals surface area contributed by atoms with Crippen molar-refractivity contribution < 1.29 is 8.42 Å². The first-order valence-electron chi connectivity index (χ1n) is 7.74. The van der Waals surface area contributed by atoms with E-state index in [1.807, 2.05) is 12.1 Å². The van der Waals surface area contributed by atoms with E-state index in [2.05, 4.69) is 36.2 Å². The highest BCUT2D eigenvalue weighted by molar-refractivity contribution is 7.90. The van der Waals surface area contributed by atoms with E-state index in [0.717, 1.165) is 30.6 Å². The van der Waals surface area contributed by atoms with Crippen LogP contribution in [0, 0.1) is 0 Å². The molecule has 2 rings (SSSR count). The van der Waals surface area contributed by atoms with Crippen LogP contribution in [0.1, 0.15) is 42.6 Å². The summed E-state index contributed by atoms with van der Waals surface area (Å²) in [5, 5.41) is 3.32. The predicted octanol–water partition coefficient (Wildman–Crippen LogP) is 3.69. The van der Waals surface area contributed by atoms with Gasteiger partial charge in [-0.1, -0.05) is 19.1 Å². The highest BCUT2D eigenvalue weighted by Crippen LogP contribution is 2.23. The van der Waals surface area contributed by atoms with Gasteiger partial charge in [0.1, 0.15) is 0 Å². The highest BCUT2D eigenvalue weighted by Gasteiger charge is 2.15. The summed E-state index contributed by atoms with van der Waals surface area (Å²) in [5.41, 5.74) is 2.20. The highest BCUT2D eigenvalue weighted by atomic mass is 32.2. The average Bonchev–Trinajstić information content (AvgIpc) is 2.93. The van der Waals surface area contributed by atoms with Crippen LogP contribution < -0.4 is 0 Å². The normalized spacial score (nSPS) is 13.4. The van der Waals surface area contributed by atoms with E-state index >= 15 is 0 Å². The number of benzene rings is 1. The summed E-state index contributed by atoms with van der Waals surface area (Å²) in [4.78, 5) is 7.24. The Morgan fingerprint density at radius 1 is 1.26 bits per heavy atom. The fourth-order valence-electron chi connectivity index (χ4n) is 2.39. The zero-order valence-corrected chi connectivity index (χ0v) is 15.7. The Kier molecular flexibility index (Phi) is 5.95. The molecule has 0 saturated carbocycles. The van der Waals surface area contributed by atoms with Crippen molar-refractivity contribution >= 4 is 21.2 Å². The fourth-order valence-corrected chi connectivity index (χ4v) is 3.91. The van der Waals surface area contributed by atoms with E-state index in [1.54, 1.807) is 23.5 Å². The first kappa shape index (κ1) is 18.1. The molecule has 126 valence electrons. The van der Waals surface area contributed by atoms with E-state index in [0.29, 0.717) is 4.90 Å². The molecule has 0 aliphatic carbocycles. The van der Waals surface area contributed by atoms with Gasteiger partial charge >= 0.3 is 0 Å². The average molecular weight is 353 g/mol. The molecule has 4 nitrogen and oxygen atoms in total. The fraction of sp³-hybridized carbons (Fsp3) is 0.471. The number of nitrogens with zero attached hydrogens (tertiary/aromatic N) is 2. The standard InChI is InChI=1S/C17H24N2O2S2/c1-5-6-17-18-15(12-22-17)11-19(3)13(2)14-7-9-16(10-8-14)23(4,20)21/h7-10,12-13H,5-6,11H2,1-4H3. The lowest BCUT2D eigenvalue weighted by Crippen LogP contribution is -2.22. The second-order valence-corrected chi connectivity index (χ2v) is 8.87. The number of sulfone groups is 1. The van der Waals surface area contributed by atoms with E-state index in [9.17, 15) is 8.42 Å². The van der Waals surface area contributed by atoms with Gasteiger partial charge in [0.25, 0.3) is 0 Å². The summed E-state index contributed by atoms with van der Waals surface area (Å²) in [7, 11) is -1.08. The minimum Gasteiger partial charge on any atom is -0.294 e. The van der Waals surface area contributed by atoms with Gasteiger partial charge in [-0.15, -0.1) is 11.3 Å². The monoisotopic (exact) mass is 352 g/mol. The molecule has 0 amide bonds. The number of rotatable bonds is 7. The molecule has 2 aromatic rings. The lowest BCUT2D eigenvalue weighted by molar-refractivity contribution is 0.250. The third-order valence-corrected chi connectivity index (χ3v) is 6.01. The zero-order valence-electron chi connectivity index (χ0n) is 14.1. The van der Waals surface area contributed by atoms with E-state index in [1.165, 1.54) is 11.3 Å². The van der Waals surface area contributed by atoms with Crippen LogP contribution in [0.25, 0.3) is 0 Å². The third-order valence-electron chi connectivity index (χ3n) is 3.93. The SMILES string of the molecule is CCCc1nc(CN(C)C(C)c2ccc(S(C)(=O)=O)cc2)cs1. The molecule has 1 unspecified atom stereocenters. The summed E-state index contributed by atoms with van der Waals surface area (Å²) in [6.07, 6.45) is 3.39. The van der Waals surface area contributed by atoms with Crippen LogP contribution in [-0.2, 0) is 22.8 Å². The van der Waals surface area contributed by atoms with Gasteiger partial charge in [0, 0.05) is 24.2 Å². The summed E-state index contributed by atoms with van der Waals surface area (Å²) >= 11 is 1.72. The second kappa shape index (κ2) is 7.55. The molecule has 1 aromatic carbocycles. The van der Waals surface area contributed by atoms with E-state index in [-0.39, 0.29) is 6.04 Å². The van der Waals surface area contributed by atoms with Gasteiger partial charge in [-0.2, -0.15) is 0 Å². The van der Waals surface area contributed by atoms with Crippen molar-refractivity contribution in [3.63, 3.8) is 0 Å². The Balaban J connectivity index is 2.05. The van der Waals surface area contributed by atoms with Crippen LogP contribution in [0.4, 0.5) is 0 Å². The van der Waals surface area contributed by atoms with Crippen molar-refractivity contribution in [3.8, 4) is 0 Å². The van der Waals surface area contributed by atoms with Gasteiger partial charge in [-0.05, 0) is 44.5 Å². The molecule has 1 aromatic heterocycles. The van der Waals surface area contributed by atoms with Gasteiger partial charge in [-0.3, -0.25) is 4.90 Å². The molecule has 23 heavy (non-hydrogen) atoms. The maximum atomic E-state index is 11.5. The smallest absolute Gasteiger partial charge is 0.175 e. The lowest BCUT2D eigenvalue weighted by atomic mass is 10.1. The van der Waals surface area contributed by atoms with Crippen molar-refractivity contribution in [1.82, 2.24) is 9.88 Å². The van der Waals surface area contributed by atoms with E-state index in [4.69, 9.17) is 0 Å². The van der Waals surface area contributed by atoms with Crippen LogP contribution in [0.5, 0.6) is 0 Å². The maximum Gasteiger partial charge on any atom is 0.175 e. The minimum atomic E-state index is -3.14. The Morgan fingerprint density at radius 3 is 2.48 bits per heavy atom. The second-order valence-electron chi connectivity index (χ2n) is 5.91. The zero-order chi connectivity index (χ0) is 17.0. The molecule has 0 aliphatic rings. The summed E-state index contributed by atoms with van der Waals surface area (Å²) in [6.45, 7) is 5.07. The van der Waals surface area contributed by atoms with Crippen molar-refractivity contribution in [1.29, 1.82) is 0 Å². The topological polar surface area (TPSA) is 50.3 Å². The molecule has 0 fully saturated rings. The van der Waals surface area contributed by atoms with Crippen LogP contribution in [-0.4, -0.2) is 31.6 Å². The summed E-state index contributed by atoms with van der Waals surface area (Å²) in [5.74, 6) is 0. The van der Waals surface area contributed by atoms with Gasteiger partial charge < -0.3 is 0 Å². The van der Waals surface area contributed by atoms with Gasteiger partial charge in [0.05, 0.1) is 15.6 Å². The minimum absolute atomic E-state index is 0.194.